The smallest absolute Gasteiger partial charge is 0.279 e. The fourth-order valence-corrected chi connectivity index (χ4v) is 3.50. The van der Waals surface area contributed by atoms with Crippen molar-refractivity contribution in [2.24, 2.45) is 0 Å². The fourth-order valence-electron chi connectivity index (χ4n) is 2.84. The van der Waals surface area contributed by atoms with E-state index in [2.05, 4.69) is 45.5 Å². The van der Waals surface area contributed by atoms with Crippen LogP contribution in [0.4, 0.5) is 11.6 Å². The number of anilines is 2. The van der Waals surface area contributed by atoms with Crippen molar-refractivity contribution in [2.45, 2.75) is 26.7 Å². The fraction of sp³-hybridized carbons (Fsp3) is 0.364. The lowest BCUT2D eigenvalue weighted by molar-refractivity contribution is 0.102. The molecule has 11 heteroatoms. The van der Waals surface area contributed by atoms with Gasteiger partial charge in [-0.15, -0.1) is 0 Å². The predicted molar refractivity (Wildman–Crippen MR) is 126 cm³/mol. The third-order valence-corrected chi connectivity index (χ3v) is 5.37. The number of thiazole rings is 1. The molecule has 0 saturated carbocycles. The van der Waals surface area contributed by atoms with E-state index in [-0.39, 0.29) is 42.2 Å². The average Bonchev–Trinajstić information content (AvgIpc) is 3.28. The third kappa shape index (κ3) is 5.88. The van der Waals surface area contributed by atoms with Crippen molar-refractivity contribution in [2.75, 3.05) is 38.0 Å². The molecule has 3 aromatic rings. The summed E-state index contributed by atoms with van der Waals surface area (Å²) in [6.45, 7) is 6.34. The highest BCUT2D eigenvalue weighted by Crippen LogP contribution is 2.34. The molecule has 0 unspecified atom stereocenters. The number of rotatable bonds is 10. The Morgan fingerprint density at radius 3 is 2.45 bits per heavy atom. The van der Waals surface area contributed by atoms with Crippen molar-refractivity contribution >= 4 is 28.9 Å². The van der Waals surface area contributed by atoms with Gasteiger partial charge in [0.1, 0.15) is 11.4 Å². The van der Waals surface area contributed by atoms with E-state index in [0.717, 1.165) is 11.1 Å². The summed E-state index contributed by atoms with van der Waals surface area (Å²) in [4.78, 5) is 25.5. The number of hydrogen-bond acceptors (Lipinski definition) is 10. The van der Waals surface area contributed by atoms with Gasteiger partial charge in [-0.3, -0.25) is 4.79 Å². The number of carbonyl (C=O) groups is 1. The van der Waals surface area contributed by atoms with Crippen LogP contribution in [-0.2, 0) is 0 Å². The number of hydrogen-bond donors (Lipinski definition) is 3. The normalized spacial score (nSPS) is 10.8. The number of ether oxygens (including phenoxy) is 3. The number of nitrogens with zero attached hydrogens (tertiary/aromatic N) is 3. The Bertz CT molecular complexity index is 1090. The first-order chi connectivity index (χ1) is 15.9. The number of nitrogens with one attached hydrogen (secondary N) is 2. The zero-order valence-corrected chi connectivity index (χ0v) is 19.9. The zero-order valence-electron chi connectivity index (χ0n) is 19.1. The molecule has 3 N–H and O–H groups in total. The van der Waals surface area contributed by atoms with E-state index in [1.807, 2.05) is 19.1 Å². The van der Waals surface area contributed by atoms with Crippen LogP contribution in [0.25, 0.3) is 0 Å². The summed E-state index contributed by atoms with van der Waals surface area (Å²) < 4.78 is 16.5. The van der Waals surface area contributed by atoms with Gasteiger partial charge in [0, 0.05) is 11.9 Å². The highest BCUT2D eigenvalue weighted by molar-refractivity contribution is 7.11. The van der Waals surface area contributed by atoms with E-state index in [1.165, 1.54) is 25.6 Å². The predicted octanol–water partition coefficient (Wildman–Crippen LogP) is 3.83. The standard InChI is InChI=1S/C22H27N5O5S/c1-12(2)14-7-6-13(3)16(10-14)32-22-24-15(11-33-22)18(29)25-17-19(30-4)26-21(23-8-9-28)27-20(17)31-5/h6-7,10-12,28H,8-9H2,1-5H3,(H,25,29)(H,23,26,27). The molecule has 0 atom stereocenters. The third-order valence-electron chi connectivity index (χ3n) is 4.65. The second-order valence-electron chi connectivity index (χ2n) is 7.33. The minimum Gasteiger partial charge on any atom is -0.479 e. The summed E-state index contributed by atoms with van der Waals surface area (Å²) in [6.07, 6.45) is 0. The summed E-state index contributed by atoms with van der Waals surface area (Å²) in [7, 11) is 2.82. The number of amides is 1. The van der Waals surface area contributed by atoms with E-state index < -0.39 is 5.91 Å². The van der Waals surface area contributed by atoms with E-state index in [0.29, 0.717) is 16.9 Å². The van der Waals surface area contributed by atoms with E-state index in [1.54, 1.807) is 5.38 Å². The number of methoxy groups -OCH3 is 2. The van der Waals surface area contributed by atoms with Crippen LogP contribution in [0.1, 0.15) is 41.4 Å². The molecule has 0 saturated heterocycles. The summed E-state index contributed by atoms with van der Waals surface area (Å²) in [5.41, 5.74) is 2.46. The molecule has 0 radical (unpaired) electrons. The minimum absolute atomic E-state index is 0.0952. The van der Waals surface area contributed by atoms with Crippen molar-refractivity contribution in [1.29, 1.82) is 0 Å². The molecule has 0 bridgehead atoms. The Hall–Kier alpha value is -3.44. The van der Waals surface area contributed by atoms with Crippen LogP contribution in [-0.4, -0.2) is 53.3 Å². The zero-order chi connectivity index (χ0) is 24.0. The number of benzene rings is 1. The molecule has 176 valence electrons. The molecule has 10 nitrogen and oxygen atoms in total. The Labute approximate surface area is 196 Å². The van der Waals surface area contributed by atoms with Gasteiger partial charge in [-0.25, -0.2) is 0 Å². The summed E-state index contributed by atoms with van der Waals surface area (Å²) in [5.74, 6) is 0.962. The summed E-state index contributed by atoms with van der Waals surface area (Å²) in [5, 5.41) is 16.4. The topological polar surface area (TPSA) is 128 Å². The number of aromatic nitrogens is 3. The van der Waals surface area contributed by atoms with Gasteiger partial charge in [-0.05, 0) is 30.0 Å². The molecule has 2 heterocycles. The van der Waals surface area contributed by atoms with Crippen LogP contribution < -0.4 is 24.8 Å². The first kappa shape index (κ1) is 24.2. The first-order valence-electron chi connectivity index (χ1n) is 10.3. The molecule has 33 heavy (non-hydrogen) atoms. The molecule has 0 aliphatic heterocycles. The van der Waals surface area contributed by atoms with Crippen molar-refractivity contribution in [3.05, 3.63) is 40.4 Å². The number of carbonyl (C=O) groups excluding carboxylic acids is 1. The summed E-state index contributed by atoms with van der Waals surface area (Å²) in [6, 6.07) is 6.06. The molecule has 2 aromatic heterocycles. The SMILES string of the molecule is COc1nc(NCCO)nc(OC)c1NC(=O)c1csc(Oc2cc(C(C)C)ccc2C)n1. The van der Waals surface area contributed by atoms with Gasteiger partial charge in [0.15, 0.2) is 5.69 Å². The van der Waals surface area contributed by atoms with E-state index in [9.17, 15) is 4.79 Å². The molecular weight excluding hydrogens is 446 g/mol. The lowest BCUT2D eigenvalue weighted by Gasteiger charge is -2.14. The van der Waals surface area contributed by atoms with Gasteiger partial charge in [-0.2, -0.15) is 15.0 Å². The molecule has 1 amide bonds. The molecular formula is C22H27N5O5S. The van der Waals surface area contributed by atoms with Crippen LogP contribution in [0, 0.1) is 6.92 Å². The Morgan fingerprint density at radius 1 is 1.15 bits per heavy atom. The van der Waals surface area contributed by atoms with Crippen LogP contribution in [0.15, 0.2) is 23.6 Å². The van der Waals surface area contributed by atoms with Crippen LogP contribution in [0.3, 0.4) is 0 Å². The van der Waals surface area contributed by atoms with Gasteiger partial charge >= 0.3 is 0 Å². The molecule has 0 aliphatic rings. The monoisotopic (exact) mass is 473 g/mol. The highest BCUT2D eigenvalue weighted by Gasteiger charge is 2.21. The molecule has 0 aliphatic carbocycles. The van der Waals surface area contributed by atoms with Crippen molar-refractivity contribution in [1.82, 2.24) is 15.0 Å². The van der Waals surface area contributed by atoms with Gasteiger partial charge in [0.2, 0.25) is 17.7 Å². The van der Waals surface area contributed by atoms with E-state index in [4.69, 9.17) is 19.3 Å². The number of aliphatic hydroxyl groups excluding tert-OH is 1. The van der Waals surface area contributed by atoms with Crippen molar-refractivity contribution in [3.63, 3.8) is 0 Å². The quantitative estimate of drug-likeness (QED) is 0.402. The molecule has 3 rings (SSSR count). The lowest BCUT2D eigenvalue weighted by atomic mass is 10.0. The first-order valence-corrected chi connectivity index (χ1v) is 11.1. The molecule has 1 aromatic carbocycles. The van der Waals surface area contributed by atoms with Gasteiger partial charge in [0.25, 0.3) is 11.1 Å². The number of aryl methyl sites for hydroxylation is 1. The Balaban J connectivity index is 1.79. The Morgan fingerprint density at radius 2 is 1.85 bits per heavy atom. The maximum Gasteiger partial charge on any atom is 0.279 e. The van der Waals surface area contributed by atoms with Crippen LogP contribution in [0.2, 0.25) is 0 Å². The Kier molecular flexibility index (Phi) is 8.01. The second-order valence-corrected chi connectivity index (χ2v) is 8.15. The van der Waals surface area contributed by atoms with E-state index >= 15 is 0 Å². The molecule has 0 fully saturated rings. The van der Waals surface area contributed by atoms with Crippen LogP contribution >= 0.6 is 11.3 Å². The molecule has 0 spiro atoms. The van der Waals surface area contributed by atoms with Crippen molar-refractivity contribution < 1.29 is 24.1 Å². The maximum absolute atomic E-state index is 12.8. The maximum atomic E-state index is 12.8. The van der Waals surface area contributed by atoms with Gasteiger partial charge in [0.05, 0.1) is 20.8 Å². The van der Waals surface area contributed by atoms with Crippen LogP contribution in [0.5, 0.6) is 22.7 Å². The summed E-state index contributed by atoms with van der Waals surface area (Å²) >= 11 is 1.22. The minimum atomic E-state index is -0.495. The highest BCUT2D eigenvalue weighted by atomic mass is 32.1. The largest absolute Gasteiger partial charge is 0.479 e. The van der Waals surface area contributed by atoms with Gasteiger partial charge < -0.3 is 30.0 Å². The number of aliphatic hydroxyl groups is 1. The van der Waals surface area contributed by atoms with Gasteiger partial charge in [-0.1, -0.05) is 37.3 Å². The van der Waals surface area contributed by atoms with Crippen molar-refractivity contribution in [3.8, 4) is 22.7 Å². The average molecular weight is 474 g/mol. The second kappa shape index (κ2) is 10.9. The lowest BCUT2D eigenvalue weighted by Crippen LogP contribution is -2.16.